The van der Waals surface area contributed by atoms with Crippen LogP contribution in [-0.4, -0.2) is 0 Å². The van der Waals surface area contributed by atoms with Crippen molar-refractivity contribution in [2.75, 3.05) is 0 Å². The molecule has 0 bridgehead atoms. The van der Waals surface area contributed by atoms with Crippen LogP contribution in [0.15, 0.2) is 78.9 Å². The van der Waals surface area contributed by atoms with Gasteiger partial charge in [0.1, 0.15) is 0 Å². The molecular formula is C25H24F2. The number of unbranched alkanes of at least 4 members (excludes halogenated alkanes) is 1. The van der Waals surface area contributed by atoms with Crippen LogP contribution in [0, 0.1) is 11.6 Å². The Morgan fingerprint density at radius 3 is 2.26 bits per heavy atom. The molecule has 0 spiro atoms. The van der Waals surface area contributed by atoms with Crippen LogP contribution in [0.4, 0.5) is 8.78 Å². The minimum Gasteiger partial charge on any atom is -0.204 e. The monoisotopic (exact) mass is 362 g/mol. The van der Waals surface area contributed by atoms with E-state index in [2.05, 4.69) is 31.2 Å². The maximum atomic E-state index is 14.3. The first-order valence-electron chi connectivity index (χ1n) is 9.48. The molecule has 3 rings (SSSR count). The minimum absolute atomic E-state index is 0.290. The Hall–Kier alpha value is -2.74. The van der Waals surface area contributed by atoms with Gasteiger partial charge in [-0.3, -0.25) is 0 Å². The summed E-state index contributed by atoms with van der Waals surface area (Å²) >= 11 is 0. The fourth-order valence-corrected chi connectivity index (χ4v) is 3.23. The highest BCUT2D eigenvalue weighted by Crippen LogP contribution is 2.34. The number of benzene rings is 3. The SMILES string of the molecule is CCCC=CCCc1cccc(-c2ccccc2-c2cccc(F)c2F)c1. The fraction of sp³-hybridized carbons (Fsp3) is 0.200. The Bertz CT molecular complexity index is 925. The third kappa shape index (κ3) is 4.71. The number of hydrogen-bond donors (Lipinski definition) is 0. The quantitative estimate of drug-likeness (QED) is 0.380. The van der Waals surface area contributed by atoms with Gasteiger partial charge in [0.15, 0.2) is 11.6 Å². The maximum absolute atomic E-state index is 14.3. The molecule has 2 heteroatoms. The van der Waals surface area contributed by atoms with E-state index in [1.165, 1.54) is 12.0 Å². The zero-order valence-electron chi connectivity index (χ0n) is 15.6. The second-order valence-corrected chi connectivity index (χ2v) is 6.65. The van der Waals surface area contributed by atoms with E-state index < -0.39 is 11.6 Å². The number of halogens is 2. The summed E-state index contributed by atoms with van der Waals surface area (Å²) < 4.78 is 28.1. The van der Waals surface area contributed by atoms with Crippen molar-refractivity contribution in [3.05, 3.63) is 96.1 Å². The number of hydrogen-bond acceptors (Lipinski definition) is 0. The van der Waals surface area contributed by atoms with Crippen molar-refractivity contribution in [3.63, 3.8) is 0 Å². The first-order valence-corrected chi connectivity index (χ1v) is 9.48. The molecule has 0 aromatic heterocycles. The topological polar surface area (TPSA) is 0 Å². The lowest BCUT2D eigenvalue weighted by Gasteiger charge is -2.12. The summed E-state index contributed by atoms with van der Waals surface area (Å²) in [5, 5.41) is 0. The van der Waals surface area contributed by atoms with Crippen LogP contribution >= 0.6 is 0 Å². The normalized spacial score (nSPS) is 11.2. The van der Waals surface area contributed by atoms with Gasteiger partial charge >= 0.3 is 0 Å². The smallest absolute Gasteiger partial charge is 0.166 e. The van der Waals surface area contributed by atoms with E-state index >= 15 is 0 Å². The third-order valence-electron chi connectivity index (χ3n) is 4.63. The lowest BCUT2D eigenvalue weighted by Crippen LogP contribution is -1.92. The summed E-state index contributed by atoms with van der Waals surface area (Å²) in [6.45, 7) is 2.17. The van der Waals surface area contributed by atoms with Crippen LogP contribution in [0.5, 0.6) is 0 Å². The first kappa shape index (κ1) is 19.0. The van der Waals surface area contributed by atoms with Crippen LogP contribution < -0.4 is 0 Å². The van der Waals surface area contributed by atoms with Gasteiger partial charge in [-0.05, 0) is 47.6 Å². The summed E-state index contributed by atoms with van der Waals surface area (Å²) in [4.78, 5) is 0. The van der Waals surface area contributed by atoms with E-state index in [9.17, 15) is 8.78 Å². The lowest BCUT2D eigenvalue weighted by atomic mass is 9.93. The van der Waals surface area contributed by atoms with Gasteiger partial charge in [-0.15, -0.1) is 0 Å². The average molecular weight is 362 g/mol. The minimum atomic E-state index is -0.824. The molecule has 0 saturated carbocycles. The van der Waals surface area contributed by atoms with Crippen molar-refractivity contribution >= 4 is 0 Å². The molecule has 0 radical (unpaired) electrons. The summed E-state index contributed by atoms with van der Waals surface area (Å²) in [6.07, 6.45) is 8.71. The Morgan fingerprint density at radius 2 is 1.44 bits per heavy atom. The first-order chi connectivity index (χ1) is 13.2. The highest BCUT2D eigenvalue weighted by Gasteiger charge is 2.14. The molecule has 0 saturated heterocycles. The summed E-state index contributed by atoms with van der Waals surface area (Å²) in [6, 6.07) is 20.2. The summed E-state index contributed by atoms with van der Waals surface area (Å²) in [7, 11) is 0. The zero-order valence-corrected chi connectivity index (χ0v) is 15.6. The van der Waals surface area contributed by atoms with Crippen molar-refractivity contribution in [1.29, 1.82) is 0 Å². The van der Waals surface area contributed by atoms with Crippen LogP contribution in [0.25, 0.3) is 22.3 Å². The van der Waals surface area contributed by atoms with Gasteiger partial charge in [-0.1, -0.05) is 86.2 Å². The van der Waals surface area contributed by atoms with Crippen LogP contribution in [-0.2, 0) is 6.42 Å². The number of allylic oxidation sites excluding steroid dienone is 2. The lowest BCUT2D eigenvalue weighted by molar-refractivity contribution is 0.511. The van der Waals surface area contributed by atoms with Gasteiger partial charge in [-0.2, -0.15) is 0 Å². The standard InChI is InChI=1S/C25H24F2/c1-2-3-4-5-6-11-19-12-9-13-20(18-19)21-14-7-8-15-22(21)23-16-10-17-24(26)25(23)27/h4-5,7-10,12-18H,2-3,6,11H2,1H3. The zero-order chi connectivity index (χ0) is 19.1. The van der Waals surface area contributed by atoms with E-state index in [0.29, 0.717) is 11.1 Å². The van der Waals surface area contributed by atoms with Crippen LogP contribution in [0.1, 0.15) is 31.7 Å². The van der Waals surface area contributed by atoms with Crippen molar-refractivity contribution in [2.45, 2.75) is 32.6 Å². The van der Waals surface area contributed by atoms with Crippen molar-refractivity contribution < 1.29 is 8.78 Å². The molecule has 0 unspecified atom stereocenters. The molecule has 0 aliphatic rings. The van der Waals surface area contributed by atoms with Gasteiger partial charge < -0.3 is 0 Å². The molecule has 0 nitrogen and oxygen atoms in total. The molecule has 27 heavy (non-hydrogen) atoms. The van der Waals surface area contributed by atoms with E-state index in [4.69, 9.17) is 0 Å². The van der Waals surface area contributed by atoms with Crippen molar-refractivity contribution in [2.24, 2.45) is 0 Å². The average Bonchev–Trinajstić information content (AvgIpc) is 2.70. The Labute approximate surface area is 160 Å². The van der Waals surface area contributed by atoms with Crippen LogP contribution in [0.3, 0.4) is 0 Å². The third-order valence-corrected chi connectivity index (χ3v) is 4.63. The van der Waals surface area contributed by atoms with Gasteiger partial charge in [0.2, 0.25) is 0 Å². The highest BCUT2D eigenvalue weighted by molar-refractivity contribution is 5.83. The molecule has 138 valence electrons. The van der Waals surface area contributed by atoms with Gasteiger partial charge in [-0.25, -0.2) is 8.78 Å². The molecule has 0 atom stereocenters. The molecule has 0 aliphatic carbocycles. The van der Waals surface area contributed by atoms with E-state index in [-0.39, 0.29) is 0 Å². The molecule has 0 heterocycles. The summed E-state index contributed by atoms with van der Waals surface area (Å²) in [5.74, 6) is -1.63. The predicted molar refractivity (Wildman–Crippen MR) is 110 cm³/mol. The second-order valence-electron chi connectivity index (χ2n) is 6.65. The Morgan fingerprint density at radius 1 is 0.741 bits per heavy atom. The van der Waals surface area contributed by atoms with E-state index in [1.807, 2.05) is 36.4 Å². The van der Waals surface area contributed by atoms with E-state index in [1.54, 1.807) is 12.1 Å². The van der Waals surface area contributed by atoms with Gasteiger partial charge in [0.25, 0.3) is 0 Å². The number of rotatable bonds is 7. The second kappa shape index (κ2) is 9.27. The molecule has 0 aliphatic heterocycles. The molecule has 0 fully saturated rings. The molecule has 0 amide bonds. The van der Waals surface area contributed by atoms with Crippen molar-refractivity contribution in [1.82, 2.24) is 0 Å². The molecular weight excluding hydrogens is 338 g/mol. The fourth-order valence-electron chi connectivity index (χ4n) is 3.23. The largest absolute Gasteiger partial charge is 0.204 e. The summed E-state index contributed by atoms with van der Waals surface area (Å²) in [5.41, 5.74) is 4.16. The molecule has 0 N–H and O–H groups in total. The molecule has 3 aromatic carbocycles. The Balaban J connectivity index is 1.91. The maximum Gasteiger partial charge on any atom is 0.166 e. The van der Waals surface area contributed by atoms with Gasteiger partial charge in [0, 0.05) is 5.56 Å². The van der Waals surface area contributed by atoms with E-state index in [0.717, 1.165) is 36.5 Å². The van der Waals surface area contributed by atoms with Crippen molar-refractivity contribution in [3.8, 4) is 22.3 Å². The highest BCUT2D eigenvalue weighted by atomic mass is 19.2. The van der Waals surface area contributed by atoms with Gasteiger partial charge in [0.05, 0.1) is 0 Å². The Kier molecular flexibility index (Phi) is 6.54. The molecule has 3 aromatic rings. The number of aryl methyl sites for hydroxylation is 1. The predicted octanol–water partition coefficient (Wildman–Crippen LogP) is 7.59. The van der Waals surface area contributed by atoms with Crippen LogP contribution in [0.2, 0.25) is 0 Å².